The zero-order valence-corrected chi connectivity index (χ0v) is 19.0. The molecule has 35 heavy (non-hydrogen) atoms. The van der Waals surface area contributed by atoms with Gasteiger partial charge in [0.2, 0.25) is 0 Å². The highest BCUT2D eigenvalue weighted by Gasteiger charge is 2.30. The number of rotatable bonds is 6. The van der Waals surface area contributed by atoms with Gasteiger partial charge in [0, 0.05) is 23.4 Å². The van der Waals surface area contributed by atoms with Gasteiger partial charge in [-0.2, -0.15) is 13.2 Å². The van der Waals surface area contributed by atoms with Crippen LogP contribution in [0.4, 0.5) is 18.9 Å². The van der Waals surface area contributed by atoms with E-state index >= 15 is 0 Å². The number of anilines is 1. The van der Waals surface area contributed by atoms with Crippen molar-refractivity contribution in [3.8, 4) is 11.1 Å². The van der Waals surface area contributed by atoms with E-state index in [1.54, 1.807) is 48.5 Å². The standard InChI is InChI=1S/C27H26F3N3O2/c28-27(29,30)21-10-8-19(9-11-21)23-6-1-2-7-24(23)26(35)33-22-5-3-4-20(16-22)25(34)32-17-18-12-14-31-15-13-18/h1-11,16,18,31H,12-15,17H2,(H,32,34)(H,33,35). The summed E-state index contributed by atoms with van der Waals surface area (Å²) in [5.41, 5.74) is 1.45. The number of amides is 2. The molecule has 5 nitrogen and oxygen atoms in total. The highest BCUT2D eigenvalue weighted by molar-refractivity contribution is 6.09. The molecule has 1 heterocycles. The summed E-state index contributed by atoms with van der Waals surface area (Å²) in [6.07, 6.45) is -2.39. The second-order valence-electron chi connectivity index (χ2n) is 8.56. The number of hydrogen-bond acceptors (Lipinski definition) is 3. The van der Waals surface area contributed by atoms with E-state index in [0.717, 1.165) is 38.1 Å². The number of halogens is 3. The first-order valence-electron chi connectivity index (χ1n) is 11.5. The van der Waals surface area contributed by atoms with Crippen molar-refractivity contribution in [1.82, 2.24) is 10.6 Å². The second-order valence-corrected chi connectivity index (χ2v) is 8.56. The fraction of sp³-hybridized carbons (Fsp3) is 0.259. The molecule has 1 fully saturated rings. The molecule has 0 spiro atoms. The van der Waals surface area contributed by atoms with E-state index in [1.807, 2.05) is 0 Å². The Kier molecular flexibility index (Phi) is 7.51. The lowest BCUT2D eigenvalue weighted by Gasteiger charge is -2.22. The summed E-state index contributed by atoms with van der Waals surface area (Å²) in [4.78, 5) is 25.7. The van der Waals surface area contributed by atoms with Crippen molar-refractivity contribution in [1.29, 1.82) is 0 Å². The van der Waals surface area contributed by atoms with Crippen LogP contribution >= 0.6 is 0 Å². The molecule has 1 saturated heterocycles. The number of alkyl halides is 3. The van der Waals surface area contributed by atoms with Crippen LogP contribution in [-0.4, -0.2) is 31.4 Å². The molecular formula is C27H26F3N3O2. The molecule has 182 valence electrons. The van der Waals surface area contributed by atoms with Gasteiger partial charge in [-0.1, -0.05) is 36.4 Å². The van der Waals surface area contributed by atoms with Crippen molar-refractivity contribution in [2.75, 3.05) is 25.0 Å². The maximum Gasteiger partial charge on any atom is 0.416 e. The van der Waals surface area contributed by atoms with Gasteiger partial charge in [-0.3, -0.25) is 9.59 Å². The highest BCUT2D eigenvalue weighted by Crippen LogP contribution is 2.32. The van der Waals surface area contributed by atoms with Gasteiger partial charge in [0.1, 0.15) is 0 Å². The SMILES string of the molecule is O=C(NCC1CCNCC1)c1cccc(NC(=O)c2ccccc2-c2ccc(C(F)(F)F)cc2)c1. The molecule has 0 aromatic heterocycles. The lowest BCUT2D eigenvalue weighted by molar-refractivity contribution is -0.137. The maximum absolute atomic E-state index is 13.1. The molecule has 2 amide bonds. The summed E-state index contributed by atoms with van der Waals surface area (Å²) < 4.78 is 38.7. The molecule has 0 bridgehead atoms. The third kappa shape index (κ3) is 6.27. The average molecular weight is 482 g/mol. The largest absolute Gasteiger partial charge is 0.416 e. The molecule has 0 aliphatic carbocycles. The van der Waals surface area contributed by atoms with Crippen LogP contribution in [0.5, 0.6) is 0 Å². The smallest absolute Gasteiger partial charge is 0.352 e. The first kappa shape index (κ1) is 24.5. The van der Waals surface area contributed by atoms with Crippen LogP contribution in [0.3, 0.4) is 0 Å². The highest BCUT2D eigenvalue weighted by atomic mass is 19.4. The van der Waals surface area contributed by atoms with Crippen LogP contribution in [0.2, 0.25) is 0 Å². The van der Waals surface area contributed by atoms with Crippen LogP contribution in [0, 0.1) is 5.92 Å². The van der Waals surface area contributed by atoms with E-state index in [4.69, 9.17) is 0 Å². The molecule has 0 saturated carbocycles. The number of hydrogen-bond donors (Lipinski definition) is 3. The monoisotopic (exact) mass is 481 g/mol. The van der Waals surface area contributed by atoms with Gasteiger partial charge in [-0.15, -0.1) is 0 Å². The predicted octanol–water partition coefficient (Wildman–Crippen LogP) is 5.35. The van der Waals surface area contributed by atoms with Gasteiger partial charge in [-0.25, -0.2) is 0 Å². The summed E-state index contributed by atoms with van der Waals surface area (Å²) in [6.45, 7) is 2.52. The minimum absolute atomic E-state index is 0.204. The Hall–Kier alpha value is -3.65. The number of carbonyl (C=O) groups is 2. The first-order chi connectivity index (χ1) is 16.8. The van der Waals surface area contributed by atoms with Crippen LogP contribution in [0.15, 0.2) is 72.8 Å². The summed E-state index contributed by atoms with van der Waals surface area (Å²) in [5, 5.41) is 9.06. The van der Waals surface area contributed by atoms with Crippen LogP contribution in [0.1, 0.15) is 39.1 Å². The molecule has 3 N–H and O–H groups in total. The van der Waals surface area contributed by atoms with Crippen molar-refractivity contribution < 1.29 is 22.8 Å². The number of benzene rings is 3. The average Bonchev–Trinajstić information content (AvgIpc) is 2.87. The van der Waals surface area contributed by atoms with Gasteiger partial charge in [-0.05, 0) is 79.4 Å². The quantitative estimate of drug-likeness (QED) is 0.444. The minimum Gasteiger partial charge on any atom is -0.352 e. The Morgan fingerprint density at radius 1 is 0.886 bits per heavy atom. The van der Waals surface area contributed by atoms with E-state index in [-0.39, 0.29) is 5.91 Å². The molecule has 3 aromatic carbocycles. The lowest BCUT2D eigenvalue weighted by atomic mass is 9.98. The molecule has 4 rings (SSSR count). The fourth-order valence-corrected chi connectivity index (χ4v) is 4.13. The van der Waals surface area contributed by atoms with Crippen molar-refractivity contribution >= 4 is 17.5 Å². The molecule has 3 aromatic rings. The van der Waals surface area contributed by atoms with Crippen molar-refractivity contribution in [3.05, 3.63) is 89.5 Å². The number of nitrogens with one attached hydrogen (secondary N) is 3. The first-order valence-corrected chi connectivity index (χ1v) is 11.5. The number of carbonyl (C=O) groups excluding carboxylic acids is 2. The van der Waals surface area contributed by atoms with Gasteiger partial charge in [0.25, 0.3) is 11.8 Å². The molecule has 0 unspecified atom stereocenters. The summed E-state index contributed by atoms with van der Waals surface area (Å²) in [6, 6.07) is 18.1. The second kappa shape index (κ2) is 10.7. The normalized spacial score (nSPS) is 14.4. The van der Waals surface area contributed by atoms with Crippen LogP contribution in [-0.2, 0) is 6.18 Å². The topological polar surface area (TPSA) is 70.2 Å². The fourth-order valence-electron chi connectivity index (χ4n) is 4.13. The molecule has 0 radical (unpaired) electrons. The van der Waals surface area contributed by atoms with Gasteiger partial charge < -0.3 is 16.0 Å². The Bertz CT molecular complexity index is 1190. The Morgan fingerprint density at radius 3 is 2.31 bits per heavy atom. The van der Waals surface area contributed by atoms with Crippen molar-refractivity contribution in [3.63, 3.8) is 0 Å². The number of piperidine rings is 1. The van der Waals surface area contributed by atoms with E-state index in [9.17, 15) is 22.8 Å². The summed E-state index contributed by atoms with van der Waals surface area (Å²) >= 11 is 0. The summed E-state index contributed by atoms with van der Waals surface area (Å²) in [7, 11) is 0. The van der Waals surface area contributed by atoms with E-state index < -0.39 is 17.6 Å². The molecule has 8 heteroatoms. The van der Waals surface area contributed by atoms with E-state index in [0.29, 0.717) is 40.4 Å². The molecular weight excluding hydrogens is 455 g/mol. The van der Waals surface area contributed by atoms with Gasteiger partial charge in [0.05, 0.1) is 5.56 Å². The van der Waals surface area contributed by atoms with E-state index in [2.05, 4.69) is 16.0 Å². The van der Waals surface area contributed by atoms with Gasteiger partial charge in [0.15, 0.2) is 0 Å². The molecule has 1 aliphatic rings. The van der Waals surface area contributed by atoms with E-state index in [1.165, 1.54) is 12.1 Å². The lowest BCUT2D eigenvalue weighted by Crippen LogP contribution is -2.36. The third-order valence-electron chi connectivity index (χ3n) is 6.09. The van der Waals surface area contributed by atoms with Crippen molar-refractivity contribution in [2.24, 2.45) is 5.92 Å². The third-order valence-corrected chi connectivity index (χ3v) is 6.09. The zero-order chi connectivity index (χ0) is 24.8. The molecule has 0 atom stereocenters. The van der Waals surface area contributed by atoms with Crippen LogP contribution in [0.25, 0.3) is 11.1 Å². The maximum atomic E-state index is 13.1. The van der Waals surface area contributed by atoms with Gasteiger partial charge >= 0.3 is 6.18 Å². The minimum atomic E-state index is -4.43. The zero-order valence-electron chi connectivity index (χ0n) is 19.0. The Morgan fingerprint density at radius 2 is 1.60 bits per heavy atom. The Labute approximate surface area is 201 Å². The van der Waals surface area contributed by atoms with Crippen LogP contribution < -0.4 is 16.0 Å². The Balaban J connectivity index is 1.46. The molecule has 1 aliphatic heterocycles. The van der Waals surface area contributed by atoms with Crippen molar-refractivity contribution in [2.45, 2.75) is 19.0 Å². The predicted molar refractivity (Wildman–Crippen MR) is 129 cm³/mol. The summed E-state index contributed by atoms with van der Waals surface area (Å²) in [5.74, 6) is -0.178.